The largest absolute Gasteiger partial charge is 0.507 e. The quantitative estimate of drug-likeness (QED) is 0.574. The number of ether oxygens (including phenoxy) is 3. The zero-order valence-electron chi connectivity index (χ0n) is 16.8. The fraction of sp³-hybridized carbons (Fsp3) is 0.500. The molecule has 2 heterocycles. The number of carboxylic acid groups (broad SMARTS) is 2. The van der Waals surface area contributed by atoms with Gasteiger partial charge in [0.1, 0.15) is 6.04 Å². The molecule has 0 saturated carbocycles. The first-order valence-electron chi connectivity index (χ1n) is 9.92. The molecule has 0 unspecified atom stereocenters. The highest BCUT2D eigenvalue weighted by Gasteiger charge is 2.34. The number of hydrogen-bond acceptors (Lipinski definition) is 7. The Morgan fingerprint density at radius 1 is 0.871 bits per heavy atom. The van der Waals surface area contributed by atoms with Gasteiger partial charge in [-0.2, -0.15) is 0 Å². The Labute approximate surface area is 178 Å². The van der Waals surface area contributed by atoms with Crippen molar-refractivity contribution < 1.29 is 43.6 Å². The molecular weight excluding hydrogens is 412 g/mol. The van der Waals surface area contributed by atoms with Gasteiger partial charge in [-0.1, -0.05) is 12.1 Å². The highest BCUT2D eigenvalue weighted by atomic mass is 16.7. The lowest BCUT2D eigenvalue weighted by Crippen LogP contribution is -2.42. The molecule has 0 aliphatic carbocycles. The molecule has 31 heavy (non-hydrogen) atoms. The predicted octanol–water partition coefficient (Wildman–Crippen LogP) is 1.16. The van der Waals surface area contributed by atoms with E-state index >= 15 is 0 Å². The molecule has 0 radical (unpaired) electrons. The average molecular weight is 436 g/mol. The summed E-state index contributed by atoms with van der Waals surface area (Å²) in [5.74, 6) is -1.46. The summed E-state index contributed by atoms with van der Waals surface area (Å²) in [6, 6.07) is 5.63. The molecule has 2 amide bonds. The van der Waals surface area contributed by atoms with Gasteiger partial charge in [0.2, 0.25) is 0 Å². The fourth-order valence-corrected chi connectivity index (χ4v) is 3.72. The van der Waals surface area contributed by atoms with Crippen LogP contribution in [0.1, 0.15) is 25.7 Å². The van der Waals surface area contributed by atoms with Crippen molar-refractivity contribution in [2.24, 2.45) is 0 Å². The van der Waals surface area contributed by atoms with Gasteiger partial charge in [-0.15, -0.1) is 0 Å². The average Bonchev–Trinajstić information content (AvgIpc) is 3.40. The Kier molecular flexibility index (Phi) is 7.16. The first kappa shape index (κ1) is 22.2. The third-order valence-corrected chi connectivity index (χ3v) is 5.16. The van der Waals surface area contributed by atoms with E-state index in [0.717, 1.165) is 0 Å². The van der Waals surface area contributed by atoms with Crippen molar-refractivity contribution in [2.45, 2.75) is 38.0 Å². The van der Waals surface area contributed by atoms with E-state index in [4.69, 9.17) is 19.3 Å². The third kappa shape index (κ3) is 5.56. The highest BCUT2D eigenvalue weighted by molar-refractivity contribution is 5.85. The number of hydrogen-bond donors (Lipinski definition) is 2. The van der Waals surface area contributed by atoms with Crippen molar-refractivity contribution >= 4 is 23.9 Å². The summed E-state index contributed by atoms with van der Waals surface area (Å²) < 4.78 is 15.8. The number of carboxylic acids is 1. The first-order valence-corrected chi connectivity index (χ1v) is 9.92. The SMILES string of the molecule is O=C(O)O[C@@H]1CCCN1C(=O)COc1ccccc1OCC(=O)N1CCC[C@@H]1C(=O)O. The van der Waals surface area contributed by atoms with Crippen molar-refractivity contribution in [1.29, 1.82) is 0 Å². The van der Waals surface area contributed by atoms with Gasteiger partial charge in [0.05, 0.1) is 0 Å². The monoisotopic (exact) mass is 436 g/mol. The molecule has 2 fully saturated rings. The number of aliphatic carboxylic acids is 1. The van der Waals surface area contributed by atoms with Crippen LogP contribution in [-0.4, -0.2) is 82.5 Å². The van der Waals surface area contributed by atoms with E-state index in [1.807, 2.05) is 0 Å². The second kappa shape index (κ2) is 10.0. The molecule has 168 valence electrons. The van der Waals surface area contributed by atoms with Gasteiger partial charge in [0, 0.05) is 19.5 Å². The number of rotatable bonds is 8. The van der Waals surface area contributed by atoms with Gasteiger partial charge in [0.25, 0.3) is 11.8 Å². The Hall–Kier alpha value is -3.50. The topological polar surface area (TPSA) is 143 Å². The Morgan fingerprint density at radius 2 is 1.42 bits per heavy atom. The van der Waals surface area contributed by atoms with Gasteiger partial charge >= 0.3 is 12.1 Å². The zero-order valence-corrected chi connectivity index (χ0v) is 16.8. The number of amides is 2. The molecule has 0 bridgehead atoms. The minimum atomic E-state index is -1.45. The van der Waals surface area contributed by atoms with E-state index in [9.17, 15) is 24.3 Å². The smallest absolute Gasteiger partial charge is 0.480 e. The number of para-hydroxylation sites is 2. The predicted molar refractivity (Wildman–Crippen MR) is 104 cm³/mol. The maximum absolute atomic E-state index is 12.4. The molecule has 2 aliphatic heterocycles. The first-order chi connectivity index (χ1) is 14.9. The second-order valence-corrected chi connectivity index (χ2v) is 7.18. The summed E-state index contributed by atoms with van der Waals surface area (Å²) in [5.41, 5.74) is 0. The van der Waals surface area contributed by atoms with Crippen LogP contribution in [-0.2, 0) is 19.1 Å². The lowest BCUT2D eigenvalue weighted by molar-refractivity contribution is -0.149. The Balaban J connectivity index is 1.55. The number of carbonyl (C=O) groups is 4. The molecule has 11 nitrogen and oxygen atoms in total. The van der Waals surface area contributed by atoms with Crippen LogP contribution in [0.5, 0.6) is 11.5 Å². The molecule has 2 aliphatic rings. The van der Waals surface area contributed by atoms with Gasteiger partial charge in [0.15, 0.2) is 30.9 Å². The van der Waals surface area contributed by atoms with Crippen molar-refractivity contribution in [3.63, 3.8) is 0 Å². The molecule has 3 rings (SSSR count). The van der Waals surface area contributed by atoms with E-state index in [0.29, 0.717) is 38.8 Å². The minimum absolute atomic E-state index is 0.231. The maximum Gasteiger partial charge on any atom is 0.507 e. The Bertz CT molecular complexity index is 844. The summed E-state index contributed by atoms with van der Waals surface area (Å²) in [6.45, 7) is 0.00829. The summed E-state index contributed by atoms with van der Waals surface area (Å²) in [6.07, 6.45) is -0.204. The van der Waals surface area contributed by atoms with E-state index in [1.54, 1.807) is 24.3 Å². The van der Waals surface area contributed by atoms with Crippen LogP contribution in [0.15, 0.2) is 24.3 Å². The van der Waals surface area contributed by atoms with Gasteiger partial charge in [-0.25, -0.2) is 9.59 Å². The zero-order chi connectivity index (χ0) is 22.4. The highest BCUT2D eigenvalue weighted by Crippen LogP contribution is 2.27. The summed E-state index contributed by atoms with van der Waals surface area (Å²) in [7, 11) is 0. The van der Waals surface area contributed by atoms with E-state index in [-0.39, 0.29) is 24.7 Å². The molecule has 2 atom stereocenters. The number of likely N-dealkylation sites (tertiary alicyclic amines) is 2. The summed E-state index contributed by atoms with van der Waals surface area (Å²) in [5, 5.41) is 18.0. The lowest BCUT2D eigenvalue weighted by atomic mass is 10.2. The van der Waals surface area contributed by atoms with Crippen LogP contribution in [0.2, 0.25) is 0 Å². The lowest BCUT2D eigenvalue weighted by Gasteiger charge is -2.23. The summed E-state index contributed by atoms with van der Waals surface area (Å²) >= 11 is 0. The molecule has 2 saturated heterocycles. The maximum atomic E-state index is 12.4. The number of nitrogens with zero attached hydrogens (tertiary/aromatic N) is 2. The van der Waals surface area contributed by atoms with Crippen molar-refractivity contribution in [3.8, 4) is 11.5 Å². The van der Waals surface area contributed by atoms with E-state index in [1.165, 1.54) is 9.80 Å². The Morgan fingerprint density at radius 3 is 2.00 bits per heavy atom. The normalized spacial score (nSPS) is 20.4. The van der Waals surface area contributed by atoms with Crippen LogP contribution >= 0.6 is 0 Å². The van der Waals surface area contributed by atoms with Crippen LogP contribution in [0, 0.1) is 0 Å². The molecule has 1 aromatic carbocycles. The van der Waals surface area contributed by atoms with Gasteiger partial charge in [-0.3, -0.25) is 9.59 Å². The van der Waals surface area contributed by atoms with Crippen molar-refractivity contribution in [1.82, 2.24) is 9.80 Å². The standard InChI is InChI=1S/C20H24N2O9/c23-16(21-9-3-5-13(21)19(25)26)11-29-14-6-1-2-7-15(14)30-12-17(24)22-10-4-8-18(22)31-20(27)28/h1-2,6-7,13,18H,3-5,8-12H2,(H,25,26)(H,27,28)/t13-,18-/m1/s1. The molecule has 0 aromatic heterocycles. The number of carbonyl (C=O) groups excluding carboxylic acids is 2. The third-order valence-electron chi connectivity index (χ3n) is 5.16. The van der Waals surface area contributed by atoms with Crippen LogP contribution in [0.3, 0.4) is 0 Å². The molecule has 2 N–H and O–H groups in total. The molecule has 1 aromatic rings. The molecule has 0 spiro atoms. The van der Waals surface area contributed by atoms with Crippen molar-refractivity contribution in [3.05, 3.63) is 24.3 Å². The molecular formula is C20H24N2O9. The fourth-order valence-electron chi connectivity index (χ4n) is 3.72. The second-order valence-electron chi connectivity index (χ2n) is 7.18. The molecule has 11 heteroatoms. The van der Waals surface area contributed by atoms with Gasteiger partial charge in [-0.05, 0) is 31.4 Å². The van der Waals surface area contributed by atoms with E-state index < -0.39 is 36.2 Å². The van der Waals surface area contributed by atoms with Crippen LogP contribution in [0.25, 0.3) is 0 Å². The van der Waals surface area contributed by atoms with Crippen LogP contribution < -0.4 is 9.47 Å². The minimum Gasteiger partial charge on any atom is -0.480 e. The summed E-state index contributed by atoms with van der Waals surface area (Å²) in [4.78, 5) is 49.4. The van der Waals surface area contributed by atoms with Gasteiger partial charge < -0.3 is 34.2 Å². The van der Waals surface area contributed by atoms with Crippen LogP contribution in [0.4, 0.5) is 4.79 Å². The number of benzene rings is 1. The van der Waals surface area contributed by atoms with E-state index in [2.05, 4.69) is 0 Å². The van der Waals surface area contributed by atoms with Crippen molar-refractivity contribution in [2.75, 3.05) is 26.3 Å².